The van der Waals surface area contributed by atoms with Crippen molar-refractivity contribution in [2.75, 3.05) is 41.5 Å². The van der Waals surface area contributed by atoms with Crippen molar-refractivity contribution in [2.45, 2.75) is 167 Å². The van der Waals surface area contributed by atoms with Crippen molar-refractivity contribution in [1.82, 2.24) is 25.3 Å². The molecule has 0 saturated carbocycles. The fourth-order valence-electron chi connectivity index (χ4n) is 10.7. The van der Waals surface area contributed by atoms with Gasteiger partial charge in [0.05, 0.1) is 48.6 Å². The molecule has 5 rings (SSSR count). The number of hydrogen-bond acceptors (Lipinski definition) is 16. The van der Waals surface area contributed by atoms with Crippen molar-refractivity contribution < 1.29 is 82.4 Å². The van der Waals surface area contributed by atoms with Crippen LogP contribution in [0.5, 0.6) is 5.75 Å². The Labute approximate surface area is 456 Å². The van der Waals surface area contributed by atoms with Gasteiger partial charge >= 0.3 is 12.1 Å². The Bertz CT molecular complexity index is 2490. The van der Waals surface area contributed by atoms with E-state index in [4.69, 9.17) is 28.1 Å². The number of likely N-dealkylation sites (N-methyl/N-ethyl adjacent to an activating group) is 2. The maximum absolute atomic E-state index is 14.8. The van der Waals surface area contributed by atoms with Crippen molar-refractivity contribution in [1.29, 1.82) is 0 Å². The number of methoxy groups -OCH3 is 2. The number of aliphatic hydroxyl groups excluding tert-OH is 4. The minimum atomic E-state index is -1.66. The van der Waals surface area contributed by atoms with E-state index in [0.717, 1.165) is 10.5 Å². The topological polar surface area (TPSA) is 297 Å². The number of hydrogen-bond donors (Lipinski definition) is 7. The molecule has 3 heterocycles. The summed E-state index contributed by atoms with van der Waals surface area (Å²) in [5.74, 6) is -4.27. The summed E-state index contributed by atoms with van der Waals surface area (Å²) in [5, 5.41) is 56.7. The second-order valence-electron chi connectivity index (χ2n) is 21.4. The number of nitrogens with zero attached hydrogens (tertiary/aromatic N) is 3. The Morgan fingerprint density at radius 2 is 1.54 bits per heavy atom. The molecule has 14 atom stereocenters. The zero-order valence-electron chi connectivity index (χ0n) is 47.0. The van der Waals surface area contributed by atoms with Gasteiger partial charge in [-0.2, -0.15) is 0 Å². The van der Waals surface area contributed by atoms with Crippen LogP contribution in [-0.2, 0) is 55.9 Å². The summed E-state index contributed by atoms with van der Waals surface area (Å²) in [6, 6.07) is 9.22. The van der Waals surface area contributed by atoms with Crippen LogP contribution in [0.15, 0.2) is 52.9 Å². The van der Waals surface area contributed by atoms with Gasteiger partial charge in [0.15, 0.2) is 0 Å². The zero-order chi connectivity index (χ0) is 57.9. The van der Waals surface area contributed by atoms with Gasteiger partial charge in [-0.15, -0.1) is 0 Å². The third kappa shape index (κ3) is 14.9. The Morgan fingerprint density at radius 1 is 0.859 bits per heavy atom. The van der Waals surface area contributed by atoms with Crippen LogP contribution in [0.4, 0.5) is 4.79 Å². The smallest absolute Gasteiger partial charge is 0.410 e. The maximum atomic E-state index is 14.8. The van der Waals surface area contributed by atoms with Crippen molar-refractivity contribution in [3.8, 4) is 5.75 Å². The Kier molecular flexibility index (Phi) is 22.9. The Balaban J connectivity index is 1.26. The van der Waals surface area contributed by atoms with Crippen molar-refractivity contribution >= 4 is 46.7 Å². The first-order valence-electron chi connectivity index (χ1n) is 26.8. The predicted molar refractivity (Wildman–Crippen MR) is 285 cm³/mol. The van der Waals surface area contributed by atoms with Gasteiger partial charge in [-0.1, -0.05) is 85.2 Å². The number of likely N-dealkylation sites (tertiary alicyclic amines) is 1. The molecule has 7 N–H and O–H groups in total. The monoisotopic (exact) mass is 1100 g/mol. The van der Waals surface area contributed by atoms with Crippen molar-refractivity contribution in [2.24, 2.45) is 23.7 Å². The predicted octanol–water partition coefficient (Wildman–Crippen LogP) is 3.39. The molecule has 22 nitrogen and oxygen atoms in total. The number of carbonyl (C=O) groups excluding carboxylic acids is 5. The summed E-state index contributed by atoms with van der Waals surface area (Å²) >= 11 is 0. The number of carboxylic acid groups (broad SMARTS) is 1. The number of carbonyl (C=O) groups is 6. The largest absolute Gasteiger partial charge is 0.480 e. The van der Waals surface area contributed by atoms with Gasteiger partial charge in [-0.25, -0.2) is 9.59 Å². The average Bonchev–Trinajstić information content (AvgIpc) is 4.08. The first kappa shape index (κ1) is 63.0. The van der Waals surface area contributed by atoms with Gasteiger partial charge in [0.2, 0.25) is 29.9 Å². The van der Waals surface area contributed by atoms with Gasteiger partial charge in [0.1, 0.15) is 66.2 Å². The SMILES string of the molecule is CCC(C)[C@@H]([C@@H](CC(=O)N1CCC[C@H]1[C@H](OC)[C@@H](C)C(=O)NC(Cc1ccccc1)C(=O)O)OC)N(C)C(=O)[C@@H](NC(=O)[C@H](C(C)C)N(C)C(=O)OCc1ccc(O[C@@H]2O[C@H](CO)[C@H](O)[C@H](O)[C@H]2O)c2cc(C)oc12)C(C)C. The van der Waals surface area contributed by atoms with Crippen LogP contribution < -0.4 is 15.4 Å². The lowest BCUT2D eigenvalue weighted by Crippen LogP contribution is -2.60. The summed E-state index contributed by atoms with van der Waals surface area (Å²) in [6.07, 6.45) is -8.22. The molecule has 0 spiro atoms. The molecule has 1 aromatic heterocycles. The molecular formula is C56H83N5O17. The molecule has 0 bridgehead atoms. The maximum Gasteiger partial charge on any atom is 0.410 e. The third-order valence-corrected chi connectivity index (χ3v) is 15.3. The lowest BCUT2D eigenvalue weighted by molar-refractivity contribution is -0.277. The number of furan rings is 1. The molecule has 78 heavy (non-hydrogen) atoms. The summed E-state index contributed by atoms with van der Waals surface area (Å²) in [5.41, 5.74) is 1.45. The molecule has 2 aliphatic heterocycles. The van der Waals surface area contributed by atoms with Crippen LogP contribution in [0.3, 0.4) is 0 Å². The molecule has 0 radical (unpaired) electrons. The minimum absolute atomic E-state index is 0.0843. The Morgan fingerprint density at radius 3 is 2.13 bits per heavy atom. The van der Waals surface area contributed by atoms with Gasteiger partial charge in [0.25, 0.3) is 0 Å². The van der Waals surface area contributed by atoms with Gasteiger partial charge in [-0.05, 0) is 61.3 Å². The van der Waals surface area contributed by atoms with Crippen molar-refractivity contribution in [3.63, 3.8) is 0 Å². The van der Waals surface area contributed by atoms with E-state index >= 15 is 0 Å². The lowest BCUT2D eigenvalue weighted by Gasteiger charge is -2.41. The number of benzene rings is 2. The fraction of sp³-hybridized carbons (Fsp3) is 0.643. The standard InChI is InChI=1S/C56H83N5O17/c1-13-31(6)45(40(73-11)26-42(63)61-23-17-20-38(61)49(74-12)33(8)51(67)57-37(54(70)71)25-34-18-15-14-16-19-34)59(9)53(69)43(29(2)3)58-52(68)44(30(4)5)60(10)56(72)75-28-35-21-22-39(36-24-32(7)76-50(35)36)77-55-48(66)47(65)46(64)41(27-62)78-55/h14-16,18-19,21-22,24,29-31,33,37-38,40-41,43-49,55,62,64-66H,13,17,20,23,25-28H2,1-12H3,(H,57,67)(H,58,68)(H,70,71)/t31?,33-,37?,38+,40-,41-,43+,44+,45+,46+,47+,48-,49-,55-/m1/s1. The van der Waals surface area contributed by atoms with E-state index in [-0.39, 0.29) is 42.6 Å². The lowest BCUT2D eigenvalue weighted by atomic mass is 9.89. The highest BCUT2D eigenvalue weighted by Gasteiger charge is 2.46. The molecule has 5 amide bonds. The van der Waals surface area contributed by atoms with E-state index in [1.165, 1.54) is 32.2 Å². The molecule has 2 unspecified atom stereocenters. The van der Waals surface area contributed by atoms with Crippen LogP contribution in [0.2, 0.25) is 0 Å². The normalized spacial score (nSPS) is 22.7. The number of carboxylic acids is 1. The Hall–Kier alpha value is -5.88. The number of rotatable bonds is 26. The quantitative estimate of drug-likeness (QED) is 0.0606. The minimum Gasteiger partial charge on any atom is -0.480 e. The van der Waals surface area contributed by atoms with Crippen LogP contribution in [0, 0.1) is 30.6 Å². The summed E-state index contributed by atoms with van der Waals surface area (Å²) in [7, 11) is 5.98. The van der Waals surface area contributed by atoms with Crippen LogP contribution in [0.1, 0.15) is 91.0 Å². The van der Waals surface area contributed by atoms with E-state index in [1.807, 2.05) is 19.9 Å². The number of ether oxygens (including phenoxy) is 5. The van der Waals surface area contributed by atoms with E-state index < -0.39 is 127 Å². The number of aliphatic carboxylic acids is 1. The van der Waals surface area contributed by atoms with Crippen LogP contribution in [-0.4, -0.2) is 191 Å². The summed E-state index contributed by atoms with van der Waals surface area (Å²) in [6.45, 7) is 13.8. The van der Waals surface area contributed by atoms with E-state index in [0.29, 0.717) is 42.5 Å². The highest BCUT2D eigenvalue weighted by molar-refractivity contribution is 5.92. The highest BCUT2D eigenvalue weighted by atomic mass is 16.7. The number of fused-ring (bicyclic) bond motifs is 1. The molecule has 2 aliphatic rings. The first-order chi connectivity index (χ1) is 36.9. The number of nitrogens with one attached hydrogen (secondary N) is 2. The number of aliphatic hydroxyl groups is 4. The van der Waals surface area contributed by atoms with E-state index in [2.05, 4.69) is 10.6 Å². The van der Waals surface area contributed by atoms with E-state index in [1.54, 1.807) is 89.9 Å². The molecule has 0 aliphatic carbocycles. The second-order valence-corrected chi connectivity index (χ2v) is 21.4. The molecule has 22 heteroatoms. The second kappa shape index (κ2) is 28.3. The molecule has 3 aromatic rings. The number of amides is 5. The van der Waals surface area contributed by atoms with Crippen LogP contribution >= 0.6 is 0 Å². The van der Waals surface area contributed by atoms with Crippen LogP contribution in [0.25, 0.3) is 11.0 Å². The van der Waals surface area contributed by atoms with Gasteiger partial charge in [-0.3, -0.25) is 24.1 Å². The first-order valence-corrected chi connectivity index (χ1v) is 26.8. The molecule has 2 fully saturated rings. The summed E-state index contributed by atoms with van der Waals surface area (Å²) < 4.78 is 35.1. The highest BCUT2D eigenvalue weighted by Crippen LogP contribution is 2.35. The van der Waals surface area contributed by atoms with Gasteiger partial charge < -0.3 is 74.1 Å². The third-order valence-electron chi connectivity index (χ3n) is 15.3. The van der Waals surface area contributed by atoms with Gasteiger partial charge in [0, 0.05) is 46.8 Å². The fourth-order valence-corrected chi connectivity index (χ4v) is 10.7. The molecule has 2 aromatic carbocycles. The average molecular weight is 1100 g/mol. The molecule has 434 valence electrons. The van der Waals surface area contributed by atoms with E-state index in [9.17, 15) is 54.3 Å². The molecule has 2 saturated heterocycles. The van der Waals surface area contributed by atoms with Crippen molar-refractivity contribution in [3.05, 3.63) is 65.4 Å². The summed E-state index contributed by atoms with van der Waals surface area (Å²) in [4.78, 5) is 87.6. The molecular weight excluding hydrogens is 1010 g/mol. The number of aryl methyl sites for hydroxylation is 1. The zero-order valence-corrected chi connectivity index (χ0v) is 47.0.